The molecule has 39 heavy (non-hydrogen) atoms. The molecule has 3 aromatic carbocycles. The lowest BCUT2D eigenvalue weighted by Gasteiger charge is -2.30. The third kappa shape index (κ3) is 6.27. The van der Waals surface area contributed by atoms with Crippen molar-refractivity contribution in [2.24, 2.45) is 0 Å². The fraction of sp³-hybridized carbons (Fsp3) is 0.406. The van der Waals surface area contributed by atoms with Gasteiger partial charge in [0.05, 0.1) is 32.1 Å². The number of aryl methyl sites for hydroxylation is 1. The number of hydrogen-bond acceptors (Lipinski definition) is 6. The Morgan fingerprint density at radius 1 is 1.05 bits per heavy atom. The molecule has 0 saturated carbocycles. The second kappa shape index (κ2) is 11.8. The molecule has 1 unspecified atom stereocenters. The van der Waals surface area contributed by atoms with Crippen LogP contribution in [0.2, 0.25) is 0 Å². The van der Waals surface area contributed by atoms with E-state index in [9.17, 15) is 5.11 Å². The van der Waals surface area contributed by atoms with Gasteiger partial charge in [0.15, 0.2) is 0 Å². The van der Waals surface area contributed by atoms with Gasteiger partial charge in [0.2, 0.25) is 0 Å². The largest absolute Gasteiger partial charge is 0.492 e. The van der Waals surface area contributed by atoms with Crippen LogP contribution in [-0.2, 0) is 10.2 Å². The Balaban J connectivity index is 1.41. The summed E-state index contributed by atoms with van der Waals surface area (Å²) in [5.41, 5.74) is 4.32. The van der Waals surface area contributed by atoms with Gasteiger partial charge in [-0.15, -0.1) is 0 Å². The van der Waals surface area contributed by atoms with Gasteiger partial charge in [0.25, 0.3) is 0 Å². The van der Waals surface area contributed by atoms with Crippen LogP contribution in [-0.4, -0.2) is 66.2 Å². The first kappa shape index (κ1) is 27.2. The Morgan fingerprint density at radius 3 is 2.54 bits per heavy atom. The Kier molecular flexibility index (Phi) is 8.21. The summed E-state index contributed by atoms with van der Waals surface area (Å²) >= 11 is 0. The Morgan fingerprint density at radius 2 is 1.82 bits per heavy atom. The number of morpholine rings is 1. The maximum absolute atomic E-state index is 11.7. The van der Waals surface area contributed by atoms with E-state index < -0.39 is 6.10 Å². The topological polar surface area (TPSA) is 73.8 Å². The van der Waals surface area contributed by atoms with Gasteiger partial charge in [-0.25, -0.2) is 0 Å². The van der Waals surface area contributed by atoms with Gasteiger partial charge in [-0.3, -0.25) is 10.00 Å². The summed E-state index contributed by atoms with van der Waals surface area (Å²) in [4.78, 5) is 4.49. The molecule has 2 heterocycles. The predicted molar refractivity (Wildman–Crippen MR) is 157 cm³/mol. The van der Waals surface area contributed by atoms with E-state index in [2.05, 4.69) is 78.0 Å². The summed E-state index contributed by atoms with van der Waals surface area (Å²) in [7, 11) is 0. The van der Waals surface area contributed by atoms with Gasteiger partial charge in [0.1, 0.15) is 18.2 Å². The highest BCUT2D eigenvalue weighted by molar-refractivity contribution is 5.91. The molecular formula is C32H40N4O3. The van der Waals surface area contributed by atoms with Crippen molar-refractivity contribution in [1.29, 1.82) is 0 Å². The normalized spacial score (nSPS) is 15.4. The number of H-pyrrole nitrogens is 1. The first-order chi connectivity index (χ1) is 18.8. The zero-order valence-corrected chi connectivity index (χ0v) is 23.5. The van der Waals surface area contributed by atoms with E-state index in [0.29, 0.717) is 13.2 Å². The molecule has 0 spiro atoms. The van der Waals surface area contributed by atoms with Crippen molar-refractivity contribution in [2.75, 3.05) is 50.9 Å². The molecule has 5 rings (SSSR count). The number of anilines is 2. The van der Waals surface area contributed by atoms with Gasteiger partial charge in [-0.1, -0.05) is 63.2 Å². The molecule has 0 amide bonds. The molecule has 1 aliphatic rings. The lowest BCUT2D eigenvalue weighted by Crippen LogP contribution is -2.38. The molecule has 206 valence electrons. The second-order valence-electron chi connectivity index (χ2n) is 11.3. The van der Waals surface area contributed by atoms with Gasteiger partial charge < -0.3 is 19.5 Å². The van der Waals surface area contributed by atoms with Crippen LogP contribution in [0.3, 0.4) is 0 Å². The van der Waals surface area contributed by atoms with Gasteiger partial charge in [-0.2, -0.15) is 5.10 Å². The lowest BCUT2D eigenvalue weighted by molar-refractivity contribution is 0.0323. The first-order valence-electron chi connectivity index (χ1n) is 13.8. The third-order valence-electron chi connectivity index (χ3n) is 7.54. The van der Waals surface area contributed by atoms with Crippen LogP contribution >= 0.6 is 0 Å². The van der Waals surface area contributed by atoms with Crippen molar-refractivity contribution in [1.82, 2.24) is 15.1 Å². The molecule has 1 aliphatic heterocycles. The molecule has 7 nitrogen and oxygen atoms in total. The van der Waals surface area contributed by atoms with E-state index in [1.807, 2.05) is 30.3 Å². The summed E-state index contributed by atoms with van der Waals surface area (Å²) in [6, 6.07) is 20.7. The number of aliphatic hydroxyl groups is 1. The molecule has 2 N–H and O–H groups in total. The van der Waals surface area contributed by atoms with E-state index in [1.165, 1.54) is 5.56 Å². The molecular weight excluding hydrogens is 488 g/mol. The maximum atomic E-state index is 11.7. The number of fused-ring (bicyclic) bond motifs is 1. The smallest absolute Gasteiger partial charge is 0.128 e. The summed E-state index contributed by atoms with van der Waals surface area (Å²) < 4.78 is 11.7. The standard InChI is InChI=1S/C32H40N4O3/c1-23-9-10-24(32(2,3)4)21-28(23)36(31-13-14-33-34-31)22-29(37)26-11-12-30(27-8-6-5-7-25(26)27)39-20-17-35-15-18-38-19-16-35/h5-14,21,29,37H,15-20,22H2,1-4H3,(H,33,34). The van der Waals surface area contributed by atoms with Crippen LogP contribution in [0.5, 0.6) is 5.75 Å². The number of aromatic amines is 1. The highest BCUT2D eigenvalue weighted by Crippen LogP contribution is 2.36. The average molecular weight is 529 g/mol. The molecule has 0 bridgehead atoms. The number of aliphatic hydroxyl groups excluding tert-OH is 1. The number of aromatic nitrogens is 2. The van der Waals surface area contributed by atoms with Crippen LogP contribution in [0.25, 0.3) is 10.8 Å². The van der Waals surface area contributed by atoms with Crippen molar-refractivity contribution >= 4 is 22.3 Å². The minimum absolute atomic E-state index is 0.00846. The summed E-state index contributed by atoms with van der Waals surface area (Å²) in [5, 5.41) is 21.0. The Hall–Kier alpha value is -3.39. The Labute approximate surface area is 231 Å². The predicted octanol–water partition coefficient (Wildman–Crippen LogP) is 5.75. The average Bonchev–Trinajstić information content (AvgIpc) is 3.47. The van der Waals surface area contributed by atoms with Crippen LogP contribution < -0.4 is 9.64 Å². The maximum Gasteiger partial charge on any atom is 0.128 e. The quantitative estimate of drug-likeness (QED) is 0.288. The molecule has 1 aromatic heterocycles. The molecule has 1 atom stereocenters. The van der Waals surface area contributed by atoms with E-state index >= 15 is 0 Å². The van der Waals surface area contributed by atoms with E-state index in [-0.39, 0.29) is 5.41 Å². The van der Waals surface area contributed by atoms with Crippen molar-refractivity contribution in [3.63, 3.8) is 0 Å². The number of nitrogens with zero attached hydrogens (tertiary/aromatic N) is 3. The SMILES string of the molecule is Cc1ccc(C(C)(C)C)cc1N(CC(O)c1ccc(OCCN2CCOCC2)c2ccccc12)c1ccn[nH]1. The first-order valence-corrected chi connectivity index (χ1v) is 13.8. The van der Waals surface area contributed by atoms with Crippen molar-refractivity contribution < 1.29 is 14.6 Å². The van der Waals surface area contributed by atoms with Crippen LogP contribution in [0.4, 0.5) is 11.5 Å². The van der Waals surface area contributed by atoms with Crippen molar-refractivity contribution in [2.45, 2.75) is 39.2 Å². The van der Waals surface area contributed by atoms with Crippen LogP contribution in [0, 0.1) is 6.92 Å². The minimum atomic E-state index is -0.738. The molecule has 1 fully saturated rings. The minimum Gasteiger partial charge on any atom is -0.492 e. The lowest BCUT2D eigenvalue weighted by atomic mass is 9.86. The van der Waals surface area contributed by atoms with Crippen LogP contribution in [0.1, 0.15) is 43.6 Å². The molecule has 7 heteroatoms. The zero-order chi connectivity index (χ0) is 27.4. The number of rotatable bonds is 9. The fourth-order valence-electron chi connectivity index (χ4n) is 5.18. The molecule has 0 aliphatic carbocycles. The van der Waals surface area contributed by atoms with Gasteiger partial charge >= 0.3 is 0 Å². The van der Waals surface area contributed by atoms with E-state index in [0.717, 1.165) is 72.0 Å². The highest BCUT2D eigenvalue weighted by atomic mass is 16.5. The van der Waals surface area contributed by atoms with Crippen LogP contribution in [0.15, 0.2) is 66.9 Å². The van der Waals surface area contributed by atoms with E-state index in [4.69, 9.17) is 9.47 Å². The van der Waals surface area contributed by atoms with Crippen molar-refractivity contribution in [3.05, 3.63) is 83.6 Å². The molecule has 0 radical (unpaired) electrons. The van der Waals surface area contributed by atoms with Crippen molar-refractivity contribution in [3.8, 4) is 5.75 Å². The number of nitrogens with one attached hydrogen (secondary N) is 1. The Bertz CT molecular complexity index is 1370. The van der Waals surface area contributed by atoms with Gasteiger partial charge in [0, 0.05) is 36.8 Å². The molecule has 4 aromatic rings. The van der Waals surface area contributed by atoms with E-state index in [1.54, 1.807) is 6.20 Å². The summed E-state index contributed by atoms with van der Waals surface area (Å²) in [6.07, 6.45) is 1.01. The summed E-state index contributed by atoms with van der Waals surface area (Å²) in [5.74, 6) is 1.68. The second-order valence-corrected chi connectivity index (χ2v) is 11.3. The third-order valence-corrected chi connectivity index (χ3v) is 7.54. The monoisotopic (exact) mass is 528 g/mol. The van der Waals surface area contributed by atoms with Gasteiger partial charge in [-0.05, 0) is 46.5 Å². The highest BCUT2D eigenvalue weighted by Gasteiger charge is 2.23. The number of ether oxygens (including phenoxy) is 2. The number of benzene rings is 3. The number of hydrogen-bond donors (Lipinski definition) is 2. The summed E-state index contributed by atoms with van der Waals surface area (Å²) in [6.45, 7) is 14.1. The fourth-order valence-corrected chi connectivity index (χ4v) is 5.18. The molecule has 1 saturated heterocycles. The zero-order valence-electron chi connectivity index (χ0n) is 23.5.